The molecule has 0 fully saturated rings. The third-order valence-corrected chi connectivity index (χ3v) is 5.62. The Bertz CT molecular complexity index is 1240. The van der Waals surface area contributed by atoms with E-state index >= 15 is 0 Å². The van der Waals surface area contributed by atoms with Crippen molar-refractivity contribution >= 4 is 33.2 Å². The van der Waals surface area contributed by atoms with Gasteiger partial charge in [0.1, 0.15) is 5.82 Å². The molecule has 160 valence electrons. The Hall–Kier alpha value is -2.94. The summed E-state index contributed by atoms with van der Waals surface area (Å²) >= 11 is 0. The Balaban J connectivity index is 1.88. The molecule has 0 bridgehead atoms. The summed E-state index contributed by atoms with van der Waals surface area (Å²) in [7, 11) is 0. The fraction of sp³-hybridized carbons (Fsp3) is 0.357. The van der Waals surface area contributed by atoms with Crippen LogP contribution in [0, 0.1) is 25.7 Å². The molecule has 0 saturated carbocycles. The lowest BCUT2D eigenvalue weighted by atomic mass is 9.98. The third-order valence-electron chi connectivity index (χ3n) is 5.62. The molecule has 2 heterocycles. The Kier molecular flexibility index (Phi) is 5.95. The van der Waals surface area contributed by atoms with Crippen LogP contribution < -0.4 is 5.32 Å². The molecule has 0 spiro atoms. The smallest absolute Gasteiger partial charge is 0.139 e. The number of nitrogens with one attached hydrogen (secondary N) is 1. The molecule has 0 atom stereocenters. The summed E-state index contributed by atoms with van der Waals surface area (Å²) in [5.74, 6) is 2.15. The monoisotopic (exact) mass is 411 g/mol. The summed E-state index contributed by atoms with van der Waals surface area (Å²) in [5, 5.41) is 7.12. The second-order valence-electron chi connectivity index (χ2n) is 9.60. The largest absolute Gasteiger partial charge is 0.340 e. The summed E-state index contributed by atoms with van der Waals surface area (Å²) in [6.45, 7) is 13.2. The van der Waals surface area contributed by atoms with Gasteiger partial charge in [0.25, 0.3) is 0 Å². The van der Waals surface area contributed by atoms with Crippen LogP contribution in [-0.4, -0.2) is 9.97 Å². The van der Waals surface area contributed by atoms with Gasteiger partial charge in [0.15, 0.2) is 0 Å². The van der Waals surface area contributed by atoms with E-state index < -0.39 is 0 Å². The molecular weight excluding hydrogens is 378 g/mol. The molecule has 0 aliphatic rings. The third kappa shape index (κ3) is 4.71. The maximum absolute atomic E-state index is 5.10. The van der Waals surface area contributed by atoms with Crippen molar-refractivity contribution in [2.75, 3.05) is 5.32 Å². The Morgan fingerprint density at radius 1 is 0.774 bits per heavy atom. The zero-order valence-corrected chi connectivity index (χ0v) is 19.6. The number of hydrogen-bond donors (Lipinski definition) is 1. The van der Waals surface area contributed by atoms with Gasteiger partial charge in [-0.1, -0.05) is 52.0 Å². The van der Waals surface area contributed by atoms with E-state index in [2.05, 4.69) is 95.4 Å². The van der Waals surface area contributed by atoms with Gasteiger partial charge < -0.3 is 5.32 Å². The van der Waals surface area contributed by atoms with Gasteiger partial charge >= 0.3 is 0 Å². The summed E-state index contributed by atoms with van der Waals surface area (Å²) in [4.78, 5) is 9.86. The van der Waals surface area contributed by atoms with E-state index in [9.17, 15) is 0 Å². The minimum absolute atomic E-state index is 0.616. The first kappa shape index (κ1) is 21.3. The van der Waals surface area contributed by atoms with E-state index in [1.54, 1.807) is 0 Å². The van der Waals surface area contributed by atoms with E-state index in [1.807, 2.05) is 0 Å². The van der Waals surface area contributed by atoms with Crippen LogP contribution in [0.1, 0.15) is 50.2 Å². The first-order valence-corrected chi connectivity index (χ1v) is 11.4. The van der Waals surface area contributed by atoms with Gasteiger partial charge in [0, 0.05) is 33.2 Å². The summed E-state index contributed by atoms with van der Waals surface area (Å²) in [5.41, 5.74) is 6.85. The molecule has 3 heteroatoms. The Morgan fingerprint density at radius 3 is 2.19 bits per heavy atom. The number of hydrogen-bond acceptors (Lipinski definition) is 3. The fourth-order valence-electron chi connectivity index (χ4n) is 4.50. The number of benzene rings is 2. The van der Waals surface area contributed by atoms with Crippen molar-refractivity contribution in [1.29, 1.82) is 0 Å². The molecule has 0 unspecified atom stereocenters. The van der Waals surface area contributed by atoms with Gasteiger partial charge in [-0.05, 0) is 73.9 Å². The molecule has 0 amide bonds. The van der Waals surface area contributed by atoms with Crippen LogP contribution in [0.5, 0.6) is 0 Å². The van der Waals surface area contributed by atoms with Crippen molar-refractivity contribution in [2.24, 2.45) is 11.8 Å². The molecular formula is C28H33N3. The van der Waals surface area contributed by atoms with E-state index in [1.165, 1.54) is 21.9 Å². The number of fused-ring (bicyclic) bond motifs is 3. The Labute approximate surface area is 185 Å². The predicted molar refractivity (Wildman–Crippen MR) is 133 cm³/mol. The number of nitrogens with zero attached hydrogens (tertiary/aromatic N) is 2. The van der Waals surface area contributed by atoms with Gasteiger partial charge in [-0.15, -0.1) is 0 Å². The molecule has 0 saturated heterocycles. The van der Waals surface area contributed by atoms with Gasteiger partial charge in [0.2, 0.25) is 0 Å². The quantitative estimate of drug-likeness (QED) is 0.333. The van der Waals surface area contributed by atoms with Crippen molar-refractivity contribution < 1.29 is 0 Å². The van der Waals surface area contributed by atoms with Gasteiger partial charge in [0.05, 0.1) is 5.52 Å². The average molecular weight is 412 g/mol. The first-order valence-electron chi connectivity index (χ1n) is 11.4. The molecule has 0 radical (unpaired) electrons. The van der Waals surface area contributed by atoms with Gasteiger partial charge in [-0.3, -0.25) is 4.98 Å². The van der Waals surface area contributed by atoms with Gasteiger partial charge in [-0.25, -0.2) is 4.98 Å². The van der Waals surface area contributed by atoms with Crippen molar-refractivity contribution in [3.63, 3.8) is 0 Å². The van der Waals surface area contributed by atoms with Gasteiger partial charge in [-0.2, -0.15) is 0 Å². The number of rotatable bonds is 6. The maximum atomic E-state index is 5.10. The number of aryl methyl sites for hydroxylation is 2. The van der Waals surface area contributed by atoms with Crippen LogP contribution in [0.2, 0.25) is 0 Å². The number of aromatic nitrogens is 2. The summed E-state index contributed by atoms with van der Waals surface area (Å²) in [6.07, 6.45) is 2.13. The average Bonchev–Trinajstić information content (AvgIpc) is 2.67. The fourth-order valence-corrected chi connectivity index (χ4v) is 4.50. The normalized spacial score (nSPS) is 11.7. The van der Waals surface area contributed by atoms with Crippen LogP contribution >= 0.6 is 0 Å². The van der Waals surface area contributed by atoms with Crippen molar-refractivity contribution in [3.05, 3.63) is 71.0 Å². The van der Waals surface area contributed by atoms with E-state index in [0.717, 1.165) is 46.6 Å². The zero-order chi connectivity index (χ0) is 22.1. The molecule has 1 N–H and O–H groups in total. The first-order chi connectivity index (χ1) is 14.8. The predicted octanol–water partition coefficient (Wildman–Crippen LogP) is 7.54. The highest BCUT2D eigenvalue weighted by Gasteiger charge is 2.14. The van der Waals surface area contributed by atoms with E-state index in [-0.39, 0.29) is 0 Å². The van der Waals surface area contributed by atoms with Crippen LogP contribution in [0.15, 0.2) is 48.5 Å². The molecule has 3 nitrogen and oxygen atoms in total. The van der Waals surface area contributed by atoms with Crippen LogP contribution in [0.25, 0.3) is 21.7 Å². The highest BCUT2D eigenvalue weighted by Crippen LogP contribution is 2.34. The molecule has 2 aromatic carbocycles. The number of anilines is 2. The Morgan fingerprint density at radius 2 is 1.48 bits per heavy atom. The molecule has 4 rings (SSSR count). The van der Waals surface area contributed by atoms with Crippen molar-refractivity contribution in [1.82, 2.24) is 9.97 Å². The van der Waals surface area contributed by atoms with Crippen molar-refractivity contribution in [2.45, 2.75) is 54.4 Å². The second-order valence-corrected chi connectivity index (χ2v) is 9.60. The highest BCUT2D eigenvalue weighted by atomic mass is 15.0. The maximum Gasteiger partial charge on any atom is 0.139 e. The molecule has 2 aromatic heterocycles. The molecule has 4 aromatic rings. The lowest BCUT2D eigenvalue weighted by Gasteiger charge is -2.15. The minimum Gasteiger partial charge on any atom is -0.340 e. The molecule has 0 aliphatic heterocycles. The van der Waals surface area contributed by atoms with Crippen LogP contribution in [0.4, 0.5) is 11.5 Å². The number of pyridine rings is 2. The van der Waals surface area contributed by atoms with Crippen LogP contribution in [0.3, 0.4) is 0 Å². The zero-order valence-electron chi connectivity index (χ0n) is 19.6. The second kappa shape index (κ2) is 8.66. The topological polar surface area (TPSA) is 37.8 Å². The molecule has 31 heavy (non-hydrogen) atoms. The lowest BCUT2D eigenvalue weighted by molar-refractivity contribution is 0.647. The van der Waals surface area contributed by atoms with E-state index in [0.29, 0.717) is 11.8 Å². The molecule has 0 aliphatic carbocycles. The summed E-state index contributed by atoms with van der Waals surface area (Å²) < 4.78 is 0. The minimum atomic E-state index is 0.616. The standard InChI is InChI=1S/C28H33N3/c1-17(2)12-21-8-7-9-23(15-21)30-28-25-14-19(5)29-20(6)27(25)24-11-10-22(13-18(3)4)16-26(24)31-28/h7-11,14-18H,12-13H2,1-6H3,(H,30,31). The summed E-state index contributed by atoms with van der Waals surface area (Å²) in [6, 6.07) is 17.6. The lowest BCUT2D eigenvalue weighted by Crippen LogP contribution is -2.01. The highest BCUT2D eigenvalue weighted by molar-refractivity contribution is 6.11. The van der Waals surface area contributed by atoms with Crippen molar-refractivity contribution in [3.8, 4) is 0 Å². The SMILES string of the molecule is Cc1cc2c(Nc3cccc(CC(C)C)c3)nc3cc(CC(C)C)ccc3c2c(C)n1. The van der Waals surface area contributed by atoms with Crippen LogP contribution in [-0.2, 0) is 12.8 Å². The van der Waals surface area contributed by atoms with E-state index in [4.69, 9.17) is 9.97 Å².